The minimum absolute atomic E-state index is 0.123. The highest BCUT2D eigenvalue weighted by molar-refractivity contribution is 6.20. The molecule has 0 unspecified atom stereocenters. The van der Waals surface area contributed by atoms with E-state index >= 15 is 0 Å². The lowest BCUT2D eigenvalue weighted by Crippen LogP contribution is -2.46. The van der Waals surface area contributed by atoms with Gasteiger partial charge >= 0.3 is 0 Å². The van der Waals surface area contributed by atoms with Crippen molar-refractivity contribution >= 4 is 34.2 Å². The second kappa shape index (κ2) is 8.03. The second-order valence-electron chi connectivity index (χ2n) is 7.38. The average molecular weight is 421 g/mol. The molecular formula is C25H19N5O2. The molecule has 2 amide bonds. The smallest absolute Gasteiger partial charge is 0.273 e. The maximum absolute atomic E-state index is 13.2. The van der Waals surface area contributed by atoms with Crippen LogP contribution in [0.4, 0.5) is 5.69 Å². The number of carbonyl (C=O) groups is 2. The molecule has 1 aliphatic rings. The maximum Gasteiger partial charge on any atom is 0.273 e. The van der Waals surface area contributed by atoms with Crippen LogP contribution in [-0.2, 0) is 4.79 Å². The molecule has 1 atom stereocenters. The number of benzene rings is 3. The Bertz CT molecular complexity index is 1370. The lowest BCUT2D eigenvalue weighted by Gasteiger charge is -2.20. The number of anilines is 1. The third kappa shape index (κ3) is 3.50. The lowest BCUT2D eigenvalue weighted by molar-refractivity contribution is -0.119. The van der Waals surface area contributed by atoms with Gasteiger partial charge in [-0.05, 0) is 18.2 Å². The number of carbonyl (C=O) groups excluding carboxylic acids is 2. The normalized spacial score (nSPS) is 15.7. The SMILES string of the molecule is CN1C(=O)[C@H](NC(=O)c2cnc3ccccc3n2)N=C(c2ccccc2)c2ccccc21. The van der Waals surface area contributed by atoms with E-state index in [0.717, 1.165) is 16.8 Å². The van der Waals surface area contributed by atoms with Crippen molar-refractivity contribution in [2.75, 3.05) is 11.9 Å². The summed E-state index contributed by atoms with van der Waals surface area (Å²) < 4.78 is 0. The number of benzodiazepines with no additional fused rings is 1. The van der Waals surface area contributed by atoms with Gasteiger partial charge in [0.2, 0.25) is 6.17 Å². The Balaban J connectivity index is 1.55. The van der Waals surface area contributed by atoms with E-state index in [1.807, 2.05) is 72.8 Å². The molecule has 1 N–H and O–H groups in total. The van der Waals surface area contributed by atoms with Crippen LogP contribution in [0, 0.1) is 0 Å². The predicted molar refractivity (Wildman–Crippen MR) is 123 cm³/mol. The van der Waals surface area contributed by atoms with Gasteiger partial charge in [-0.3, -0.25) is 14.6 Å². The van der Waals surface area contributed by atoms with Gasteiger partial charge in [0.25, 0.3) is 11.8 Å². The van der Waals surface area contributed by atoms with E-state index in [1.54, 1.807) is 13.1 Å². The number of aromatic nitrogens is 2. The van der Waals surface area contributed by atoms with Crippen molar-refractivity contribution in [1.29, 1.82) is 0 Å². The number of rotatable bonds is 3. The molecular weight excluding hydrogens is 402 g/mol. The Morgan fingerprint density at radius 1 is 0.906 bits per heavy atom. The summed E-state index contributed by atoms with van der Waals surface area (Å²) in [4.78, 5) is 41.1. The maximum atomic E-state index is 13.2. The molecule has 0 aliphatic carbocycles. The van der Waals surface area contributed by atoms with E-state index < -0.39 is 12.1 Å². The number of hydrogen-bond acceptors (Lipinski definition) is 5. The van der Waals surface area contributed by atoms with Gasteiger partial charge in [0, 0.05) is 18.2 Å². The van der Waals surface area contributed by atoms with Gasteiger partial charge in [-0.25, -0.2) is 9.98 Å². The topological polar surface area (TPSA) is 87.5 Å². The first kappa shape index (κ1) is 19.6. The highest BCUT2D eigenvalue weighted by atomic mass is 16.2. The molecule has 2 heterocycles. The predicted octanol–water partition coefficient (Wildman–Crippen LogP) is 3.20. The van der Waals surface area contributed by atoms with Crippen molar-refractivity contribution in [2.24, 2.45) is 4.99 Å². The minimum Gasteiger partial charge on any atom is -0.321 e. The summed E-state index contributed by atoms with van der Waals surface area (Å²) in [6.45, 7) is 0. The zero-order chi connectivity index (χ0) is 22.1. The summed E-state index contributed by atoms with van der Waals surface area (Å²) >= 11 is 0. The van der Waals surface area contributed by atoms with Gasteiger partial charge in [0.1, 0.15) is 5.69 Å². The van der Waals surface area contributed by atoms with Gasteiger partial charge in [-0.15, -0.1) is 0 Å². The number of hydrogen-bond donors (Lipinski definition) is 1. The highest BCUT2D eigenvalue weighted by Crippen LogP contribution is 2.27. The monoisotopic (exact) mass is 421 g/mol. The Kier molecular flexibility index (Phi) is 4.91. The fourth-order valence-electron chi connectivity index (χ4n) is 3.71. The number of aliphatic imine (C=N–C) groups is 1. The molecule has 1 aliphatic heterocycles. The third-order valence-electron chi connectivity index (χ3n) is 5.34. The summed E-state index contributed by atoms with van der Waals surface area (Å²) in [6.07, 6.45) is 0.294. The molecule has 0 radical (unpaired) electrons. The fourth-order valence-corrected chi connectivity index (χ4v) is 3.71. The van der Waals surface area contributed by atoms with Crippen molar-refractivity contribution < 1.29 is 9.59 Å². The van der Waals surface area contributed by atoms with E-state index in [9.17, 15) is 9.59 Å². The van der Waals surface area contributed by atoms with Crippen LogP contribution in [0.2, 0.25) is 0 Å². The fraction of sp³-hybridized carbons (Fsp3) is 0.0800. The van der Waals surface area contributed by atoms with Gasteiger partial charge in [-0.1, -0.05) is 60.7 Å². The minimum atomic E-state index is -1.11. The average Bonchev–Trinajstić information content (AvgIpc) is 2.95. The Morgan fingerprint density at radius 3 is 2.41 bits per heavy atom. The number of nitrogens with one attached hydrogen (secondary N) is 1. The number of para-hydroxylation sites is 3. The van der Waals surface area contributed by atoms with E-state index in [4.69, 9.17) is 4.99 Å². The molecule has 4 aromatic rings. The first-order chi connectivity index (χ1) is 15.6. The third-order valence-corrected chi connectivity index (χ3v) is 5.34. The number of fused-ring (bicyclic) bond motifs is 2. The molecule has 3 aromatic carbocycles. The van der Waals surface area contributed by atoms with E-state index in [1.165, 1.54) is 11.1 Å². The molecule has 5 rings (SSSR count). The number of nitrogens with zero attached hydrogens (tertiary/aromatic N) is 4. The Hall–Kier alpha value is -4.39. The summed E-state index contributed by atoms with van der Waals surface area (Å²) in [5, 5.41) is 2.73. The van der Waals surface area contributed by atoms with Crippen LogP contribution in [0.3, 0.4) is 0 Å². The molecule has 0 saturated heterocycles. The molecule has 0 bridgehead atoms. The molecule has 0 spiro atoms. The van der Waals surface area contributed by atoms with Crippen molar-refractivity contribution in [1.82, 2.24) is 15.3 Å². The molecule has 1 aromatic heterocycles. The first-order valence-electron chi connectivity index (χ1n) is 10.1. The Morgan fingerprint density at radius 2 is 1.59 bits per heavy atom. The zero-order valence-electron chi connectivity index (χ0n) is 17.3. The van der Waals surface area contributed by atoms with E-state index in [0.29, 0.717) is 16.7 Å². The molecule has 7 heteroatoms. The number of likely N-dealkylation sites (N-methyl/N-ethyl adjacent to an activating group) is 1. The van der Waals surface area contributed by atoms with Gasteiger partial charge in [0.05, 0.1) is 28.6 Å². The standard InChI is InChI=1S/C25H19N5O2/c1-30-21-14-8-5-11-17(21)22(16-9-3-2-4-10-16)28-23(25(30)32)29-24(31)20-15-26-18-12-6-7-13-19(18)27-20/h2-15,23H,1H3,(H,29,31)/t23-/m0/s1. The molecule has 156 valence electrons. The van der Waals surface area contributed by atoms with Crippen LogP contribution >= 0.6 is 0 Å². The summed E-state index contributed by atoms with van der Waals surface area (Å²) in [5.74, 6) is -0.859. The van der Waals surface area contributed by atoms with Crippen LogP contribution in [0.1, 0.15) is 21.6 Å². The number of amides is 2. The summed E-state index contributed by atoms with van der Waals surface area (Å²) in [6, 6.07) is 24.4. The largest absolute Gasteiger partial charge is 0.321 e. The van der Waals surface area contributed by atoms with Crippen molar-refractivity contribution in [3.05, 3.63) is 102 Å². The van der Waals surface area contributed by atoms with Crippen LogP contribution in [0.15, 0.2) is 90.1 Å². The molecule has 0 fully saturated rings. The lowest BCUT2D eigenvalue weighted by atomic mass is 10.0. The van der Waals surface area contributed by atoms with Crippen molar-refractivity contribution in [3.8, 4) is 0 Å². The van der Waals surface area contributed by atoms with Crippen LogP contribution in [-0.4, -0.2) is 40.7 Å². The highest BCUT2D eigenvalue weighted by Gasteiger charge is 2.31. The summed E-state index contributed by atoms with van der Waals surface area (Å²) in [5.41, 5.74) is 4.44. The van der Waals surface area contributed by atoms with E-state index in [-0.39, 0.29) is 11.6 Å². The van der Waals surface area contributed by atoms with Crippen LogP contribution < -0.4 is 10.2 Å². The van der Waals surface area contributed by atoms with Gasteiger partial charge < -0.3 is 10.2 Å². The second-order valence-corrected chi connectivity index (χ2v) is 7.38. The molecule has 32 heavy (non-hydrogen) atoms. The van der Waals surface area contributed by atoms with Crippen LogP contribution in [0.5, 0.6) is 0 Å². The summed E-state index contributed by atoms with van der Waals surface area (Å²) in [7, 11) is 1.68. The van der Waals surface area contributed by atoms with Gasteiger partial charge in [0.15, 0.2) is 0 Å². The Labute approximate surface area is 184 Å². The van der Waals surface area contributed by atoms with E-state index in [2.05, 4.69) is 15.3 Å². The quantitative estimate of drug-likeness (QED) is 0.550. The van der Waals surface area contributed by atoms with Crippen LogP contribution in [0.25, 0.3) is 11.0 Å². The molecule has 7 nitrogen and oxygen atoms in total. The zero-order valence-corrected chi connectivity index (χ0v) is 17.3. The molecule has 0 saturated carbocycles. The van der Waals surface area contributed by atoms with Crippen molar-refractivity contribution in [3.63, 3.8) is 0 Å². The first-order valence-corrected chi connectivity index (χ1v) is 10.1. The van der Waals surface area contributed by atoms with Crippen molar-refractivity contribution in [2.45, 2.75) is 6.17 Å². The van der Waals surface area contributed by atoms with Gasteiger partial charge in [-0.2, -0.15) is 0 Å².